The summed E-state index contributed by atoms with van der Waals surface area (Å²) in [6.07, 6.45) is 2.81. The Balaban J connectivity index is 2.42. The molecule has 1 saturated carbocycles. The maximum absolute atomic E-state index is 9.55. The van der Waals surface area contributed by atoms with Crippen molar-refractivity contribution in [2.75, 3.05) is 6.61 Å². The van der Waals surface area contributed by atoms with Crippen LogP contribution in [0.4, 0.5) is 0 Å². The maximum atomic E-state index is 9.55. The third-order valence-corrected chi connectivity index (χ3v) is 4.15. The molecule has 3 heteroatoms. The van der Waals surface area contributed by atoms with Gasteiger partial charge in [0.2, 0.25) is 0 Å². The van der Waals surface area contributed by atoms with E-state index in [0.29, 0.717) is 5.15 Å². The van der Waals surface area contributed by atoms with Crippen LogP contribution in [-0.2, 0) is 5.41 Å². The predicted octanol–water partition coefficient (Wildman–Crippen LogP) is 2.70. The van der Waals surface area contributed by atoms with Crippen LogP contribution in [0.1, 0.15) is 31.4 Å². The second-order valence-electron chi connectivity index (χ2n) is 5.13. The minimum Gasteiger partial charge on any atom is -0.395 e. The van der Waals surface area contributed by atoms with Crippen LogP contribution in [-0.4, -0.2) is 16.7 Å². The van der Waals surface area contributed by atoms with Gasteiger partial charge in [0, 0.05) is 11.6 Å². The first-order valence-electron chi connectivity index (χ1n) is 5.16. The molecular weight excluding hydrogens is 210 g/mol. The summed E-state index contributed by atoms with van der Waals surface area (Å²) in [7, 11) is 0. The van der Waals surface area contributed by atoms with E-state index in [4.69, 9.17) is 11.6 Å². The third kappa shape index (κ3) is 1.47. The summed E-state index contributed by atoms with van der Waals surface area (Å²) in [6, 6.07) is 2.04. The van der Waals surface area contributed by atoms with Crippen molar-refractivity contribution in [1.82, 2.24) is 4.98 Å². The van der Waals surface area contributed by atoms with E-state index >= 15 is 0 Å². The molecule has 0 spiro atoms. The molecule has 0 bridgehead atoms. The molecule has 0 radical (unpaired) electrons. The number of hydrogen-bond donors (Lipinski definition) is 1. The van der Waals surface area contributed by atoms with E-state index in [2.05, 4.69) is 18.8 Å². The van der Waals surface area contributed by atoms with Crippen molar-refractivity contribution in [2.45, 2.75) is 32.6 Å². The second kappa shape index (κ2) is 3.19. The van der Waals surface area contributed by atoms with Gasteiger partial charge in [0.25, 0.3) is 0 Å². The fourth-order valence-corrected chi connectivity index (χ4v) is 2.49. The van der Waals surface area contributed by atoms with Crippen LogP contribution in [0.5, 0.6) is 0 Å². The van der Waals surface area contributed by atoms with E-state index in [1.165, 1.54) is 0 Å². The van der Waals surface area contributed by atoms with Crippen LogP contribution in [0.15, 0.2) is 12.3 Å². The van der Waals surface area contributed by atoms with Crippen LogP contribution in [0.25, 0.3) is 0 Å². The van der Waals surface area contributed by atoms with Crippen molar-refractivity contribution in [3.8, 4) is 0 Å². The summed E-state index contributed by atoms with van der Waals surface area (Å²) in [4.78, 5) is 4.15. The maximum Gasteiger partial charge on any atom is 0.131 e. The molecule has 15 heavy (non-hydrogen) atoms. The lowest BCUT2D eigenvalue weighted by Crippen LogP contribution is -2.19. The largest absolute Gasteiger partial charge is 0.395 e. The van der Waals surface area contributed by atoms with Gasteiger partial charge < -0.3 is 5.11 Å². The molecule has 1 unspecified atom stereocenters. The topological polar surface area (TPSA) is 33.1 Å². The standard InChI is InChI=1S/C12H16ClNO/c1-8-4-9(5-14-10(8)13)12(7-15)6-11(12,2)3/h4-5,15H,6-7H2,1-3H3. The van der Waals surface area contributed by atoms with E-state index in [0.717, 1.165) is 17.5 Å². The molecule has 1 atom stereocenters. The fraction of sp³-hybridized carbons (Fsp3) is 0.583. The van der Waals surface area contributed by atoms with Crippen LogP contribution in [0, 0.1) is 12.3 Å². The first-order chi connectivity index (χ1) is 6.93. The molecular formula is C12H16ClNO. The average molecular weight is 226 g/mol. The molecule has 1 aliphatic carbocycles. The molecule has 0 aromatic carbocycles. The van der Waals surface area contributed by atoms with Crippen molar-refractivity contribution < 1.29 is 5.11 Å². The van der Waals surface area contributed by atoms with E-state index in [-0.39, 0.29) is 17.4 Å². The Morgan fingerprint density at radius 3 is 2.53 bits per heavy atom. The van der Waals surface area contributed by atoms with Crippen molar-refractivity contribution in [3.05, 3.63) is 28.5 Å². The van der Waals surface area contributed by atoms with Gasteiger partial charge in [0.05, 0.1) is 6.61 Å². The highest BCUT2D eigenvalue weighted by Crippen LogP contribution is 2.63. The number of aliphatic hydroxyl groups is 1. The number of hydrogen-bond acceptors (Lipinski definition) is 2. The van der Waals surface area contributed by atoms with Gasteiger partial charge in [0.15, 0.2) is 0 Å². The highest BCUT2D eigenvalue weighted by atomic mass is 35.5. The molecule has 1 fully saturated rings. The number of nitrogens with zero attached hydrogens (tertiary/aromatic N) is 1. The monoisotopic (exact) mass is 225 g/mol. The van der Waals surface area contributed by atoms with Crippen LogP contribution in [0.2, 0.25) is 5.15 Å². The van der Waals surface area contributed by atoms with Gasteiger partial charge in [-0.15, -0.1) is 0 Å². The van der Waals surface area contributed by atoms with Crippen LogP contribution >= 0.6 is 11.6 Å². The Bertz CT molecular complexity index is 403. The summed E-state index contributed by atoms with van der Waals surface area (Å²) >= 11 is 5.89. The first-order valence-corrected chi connectivity index (χ1v) is 5.54. The second-order valence-corrected chi connectivity index (χ2v) is 5.49. The first kappa shape index (κ1) is 10.9. The molecule has 1 aliphatic rings. The molecule has 1 aromatic heterocycles. The molecule has 0 saturated heterocycles. The Morgan fingerprint density at radius 2 is 2.13 bits per heavy atom. The Morgan fingerprint density at radius 1 is 1.53 bits per heavy atom. The summed E-state index contributed by atoms with van der Waals surface area (Å²) in [5, 5.41) is 10.1. The number of aryl methyl sites for hydroxylation is 1. The van der Waals surface area contributed by atoms with Gasteiger partial charge in [0.1, 0.15) is 5.15 Å². The van der Waals surface area contributed by atoms with Gasteiger partial charge in [-0.25, -0.2) is 4.98 Å². The van der Waals surface area contributed by atoms with E-state index < -0.39 is 0 Å². The summed E-state index contributed by atoms with van der Waals surface area (Å²) in [5.41, 5.74) is 2.15. The molecule has 82 valence electrons. The molecule has 2 rings (SSSR count). The number of halogens is 1. The molecule has 1 aromatic rings. The lowest BCUT2D eigenvalue weighted by molar-refractivity contribution is 0.231. The zero-order valence-electron chi connectivity index (χ0n) is 9.34. The van der Waals surface area contributed by atoms with Crippen molar-refractivity contribution in [3.63, 3.8) is 0 Å². The smallest absolute Gasteiger partial charge is 0.131 e. The highest BCUT2D eigenvalue weighted by molar-refractivity contribution is 6.30. The number of rotatable bonds is 2. The van der Waals surface area contributed by atoms with Gasteiger partial charge in [-0.3, -0.25) is 0 Å². The Hall–Kier alpha value is -0.600. The zero-order valence-corrected chi connectivity index (χ0v) is 10.1. The Kier molecular flexibility index (Phi) is 2.32. The lowest BCUT2D eigenvalue weighted by atomic mass is 9.89. The normalized spacial score (nSPS) is 27.8. The number of aliphatic hydroxyl groups excluding tert-OH is 1. The van der Waals surface area contributed by atoms with Crippen LogP contribution in [0.3, 0.4) is 0 Å². The van der Waals surface area contributed by atoms with Crippen molar-refractivity contribution in [1.29, 1.82) is 0 Å². The van der Waals surface area contributed by atoms with E-state index in [1.54, 1.807) is 6.20 Å². The van der Waals surface area contributed by atoms with Gasteiger partial charge >= 0.3 is 0 Å². The lowest BCUT2D eigenvalue weighted by Gasteiger charge is -2.18. The van der Waals surface area contributed by atoms with Gasteiger partial charge in [-0.05, 0) is 29.9 Å². The zero-order chi connectivity index (χ0) is 11.3. The molecule has 2 nitrogen and oxygen atoms in total. The molecule has 0 aliphatic heterocycles. The summed E-state index contributed by atoms with van der Waals surface area (Å²) < 4.78 is 0. The SMILES string of the molecule is Cc1cc(C2(CO)CC2(C)C)cnc1Cl. The third-order valence-electron chi connectivity index (χ3n) is 3.75. The van der Waals surface area contributed by atoms with Gasteiger partial charge in [-0.2, -0.15) is 0 Å². The number of aromatic nitrogens is 1. The Labute approximate surface area is 95.3 Å². The highest BCUT2D eigenvalue weighted by Gasteiger charge is 2.61. The van der Waals surface area contributed by atoms with Crippen molar-refractivity contribution in [2.24, 2.45) is 5.41 Å². The average Bonchev–Trinajstić information content (AvgIpc) is 2.75. The predicted molar refractivity (Wildman–Crippen MR) is 61.1 cm³/mol. The van der Waals surface area contributed by atoms with Gasteiger partial charge in [-0.1, -0.05) is 31.5 Å². The fourth-order valence-electron chi connectivity index (χ4n) is 2.38. The van der Waals surface area contributed by atoms with Crippen molar-refractivity contribution >= 4 is 11.6 Å². The summed E-state index contributed by atoms with van der Waals surface area (Å²) in [5.74, 6) is 0. The quantitative estimate of drug-likeness (QED) is 0.786. The summed E-state index contributed by atoms with van der Waals surface area (Å²) in [6.45, 7) is 6.47. The molecule has 0 amide bonds. The minimum absolute atomic E-state index is 0.102. The molecule has 1 N–H and O–H groups in total. The van der Waals surface area contributed by atoms with E-state index in [9.17, 15) is 5.11 Å². The molecule has 1 heterocycles. The number of pyridine rings is 1. The van der Waals surface area contributed by atoms with E-state index in [1.807, 2.05) is 13.0 Å². The minimum atomic E-state index is -0.102. The van der Waals surface area contributed by atoms with Crippen LogP contribution < -0.4 is 0 Å².